The van der Waals surface area contributed by atoms with Crippen LogP contribution in [0.2, 0.25) is 0 Å². The van der Waals surface area contributed by atoms with Gasteiger partial charge in [-0.1, -0.05) is 18.5 Å². The average molecular weight is 333 g/mol. The number of aromatic nitrogens is 1. The van der Waals surface area contributed by atoms with Crippen LogP contribution in [0.3, 0.4) is 0 Å². The standard InChI is InChI=1S/C19H31N3O2/c1-4-5-11-22-14-19(9-7-18(22)23)8-6-10-21(13-19)12-17-15(2)20-24-16(17)3/h4-14H2,1-3H3. The van der Waals surface area contributed by atoms with E-state index in [0.717, 1.165) is 69.9 Å². The number of piperidine rings is 2. The fourth-order valence-corrected chi connectivity index (χ4v) is 4.38. The summed E-state index contributed by atoms with van der Waals surface area (Å²) in [5.41, 5.74) is 2.54. The summed E-state index contributed by atoms with van der Waals surface area (Å²) in [5, 5.41) is 4.09. The van der Waals surface area contributed by atoms with E-state index < -0.39 is 0 Å². The van der Waals surface area contributed by atoms with Crippen LogP contribution in [0.1, 0.15) is 62.5 Å². The molecular weight excluding hydrogens is 302 g/mol. The summed E-state index contributed by atoms with van der Waals surface area (Å²) in [6, 6.07) is 0. The SMILES string of the molecule is CCCCN1CC2(CCCN(Cc3c(C)noc3C)C2)CCC1=O. The smallest absolute Gasteiger partial charge is 0.222 e. The second-order valence-corrected chi connectivity index (χ2v) is 7.79. The van der Waals surface area contributed by atoms with Crippen molar-refractivity contribution < 1.29 is 9.32 Å². The van der Waals surface area contributed by atoms with E-state index in [1.807, 2.05) is 13.8 Å². The molecule has 1 aromatic heterocycles. The van der Waals surface area contributed by atoms with E-state index in [1.54, 1.807) is 0 Å². The lowest BCUT2D eigenvalue weighted by Crippen LogP contribution is -2.54. The van der Waals surface area contributed by atoms with Gasteiger partial charge in [0.15, 0.2) is 0 Å². The van der Waals surface area contributed by atoms with Gasteiger partial charge in [0.05, 0.1) is 5.69 Å². The number of rotatable bonds is 5. The molecule has 1 unspecified atom stereocenters. The molecule has 3 heterocycles. The number of likely N-dealkylation sites (tertiary alicyclic amines) is 2. The summed E-state index contributed by atoms with van der Waals surface area (Å²) in [6.45, 7) is 11.2. The maximum absolute atomic E-state index is 12.2. The minimum atomic E-state index is 0.291. The average Bonchev–Trinajstić information content (AvgIpc) is 2.88. The first-order valence-corrected chi connectivity index (χ1v) is 9.45. The molecule has 134 valence electrons. The summed E-state index contributed by atoms with van der Waals surface area (Å²) < 4.78 is 5.32. The maximum Gasteiger partial charge on any atom is 0.222 e. The van der Waals surface area contributed by atoms with Crippen molar-refractivity contribution in [2.45, 2.75) is 65.8 Å². The van der Waals surface area contributed by atoms with Crippen molar-refractivity contribution in [2.75, 3.05) is 26.2 Å². The third-order valence-corrected chi connectivity index (χ3v) is 5.83. The highest BCUT2D eigenvalue weighted by Gasteiger charge is 2.41. The Kier molecular flexibility index (Phi) is 5.28. The van der Waals surface area contributed by atoms with Crippen LogP contribution in [-0.2, 0) is 11.3 Å². The number of carbonyl (C=O) groups is 1. The van der Waals surface area contributed by atoms with Gasteiger partial charge in [-0.3, -0.25) is 9.69 Å². The minimum absolute atomic E-state index is 0.291. The number of unbranched alkanes of at least 4 members (excludes halogenated alkanes) is 1. The summed E-state index contributed by atoms with van der Waals surface area (Å²) in [5.74, 6) is 1.30. The normalized spacial score (nSPS) is 25.6. The van der Waals surface area contributed by atoms with Crippen molar-refractivity contribution in [1.29, 1.82) is 0 Å². The van der Waals surface area contributed by atoms with E-state index in [0.29, 0.717) is 11.3 Å². The van der Waals surface area contributed by atoms with Gasteiger partial charge in [-0.15, -0.1) is 0 Å². The molecule has 0 saturated carbocycles. The molecule has 2 aliphatic rings. The van der Waals surface area contributed by atoms with Crippen LogP contribution in [0, 0.1) is 19.3 Å². The molecule has 5 heteroatoms. The Morgan fingerprint density at radius 1 is 1.25 bits per heavy atom. The summed E-state index contributed by atoms with van der Waals surface area (Å²) in [4.78, 5) is 16.9. The highest BCUT2D eigenvalue weighted by atomic mass is 16.5. The quantitative estimate of drug-likeness (QED) is 0.829. The minimum Gasteiger partial charge on any atom is -0.361 e. The Hall–Kier alpha value is -1.36. The predicted octanol–water partition coefficient (Wildman–Crippen LogP) is 3.30. The molecule has 0 aliphatic carbocycles. The molecule has 0 N–H and O–H groups in total. The van der Waals surface area contributed by atoms with E-state index in [4.69, 9.17) is 4.52 Å². The molecule has 3 rings (SSSR count). The largest absolute Gasteiger partial charge is 0.361 e. The Morgan fingerprint density at radius 2 is 2.08 bits per heavy atom. The van der Waals surface area contributed by atoms with Crippen LogP contribution in [0.4, 0.5) is 0 Å². The molecule has 1 atom stereocenters. The van der Waals surface area contributed by atoms with Gasteiger partial charge >= 0.3 is 0 Å². The van der Waals surface area contributed by atoms with Gasteiger partial charge in [0.2, 0.25) is 5.91 Å². The van der Waals surface area contributed by atoms with Crippen molar-refractivity contribution in [1.82, 2.24) is 15.0 Å². The Bertz CT molecular complexity index is 564. The first-order chi connectivity index (χ1) is 11.5. The van der Waals surface area contributed by atoms with E-state index in [-0.39, 0.29) is 0 Å². The zero-order chi connectivity index (χ0) is 17.2. The molecule has 2 aliphatic heterocycles. The molecule has 1 aromatic rings. The monoisotopic (exact) mass is 333 g/mol. The van der Waals surface area contributed by atoms with Crippen molar-refractivity contribution in [2.24, 2.45) is 5.41 Å². The van der Waals surface area contributed by atoms with Crippen LogP contribution in [0.5, 0.6) is 0 Å². The van der Waals surface area contributed by atoms with Crippen molar-refractivity contribution in [3.05, 3.63) is 17.0 Å². The first kappa shape index (κ1) is 17.5. The van der Waals surface area contributed by atoms with Gasteiger partial charge < -0.3 is 9.42 Å². The summed E-state index contributed by atoms with van der Waals surface area (Å²) in [6.07, 6.45) is 6.51. The van der Waals surface area contributed by atoms with Crippen LogP contribution >= 0.6 is 0 Å². The number of hydrogen-bond acceptors (Lipinski definition) is 4. The second kappa shape index (κ2) is 7.26. The highest BCUT2D eigenvalue weighted by Crippen LogP contribution is 2.39. The zero-order valence-electron chi connectivity index (χ0n) is 15.4. The van der Waals surface area contributed by atoms with Crippen molar-refractivity contribution in [3.8, 4) is 0 Å². The first-order valence-electron chi connectivity index (χ1n) is 9.45. The third-order valence-electron chi connectivity index (χ3n) is 5.83. The van der Waals surface area contributed by atoms with Crippen LogP contribution in [0.15, 0.2) is 4.52 Å². The zero-order valence-corrected chi connectivity index (χ0v) is 15.4. The molecular formula is C19H31N3O2. The maximum atomic E-state index is 12.2. The number of aryl methyl sites for hydroxylation is 2. The molecule has 1 spiro atoms. The molecule has 0 radical (unpaired) electrons. The number of nitrogens with zero attached hydrogens (tertiary/aromatic N) is 3. The second-order valence-electron chi connectivity index (χ2n) is 7.79. The van der Waals surface area contributed by atoms with Gasteiger partial charge in [-0.2, -0.15) is 0 Å². The topological polar surface area (TPSA) is 49.6 Å². The molecule has 1 amide bonds. The molecule has 5 nitrogen and oxygen atoms in total. The van der Waals surface area contributed by atoms with Gasteiger partial charge in [0.25, 0.3) is 0 Å². The van der Waals surface area contributed by atoms with E-state index in [2.05, 4.69) is 21.9 Å². The Labute approximate surface area is 145 Å². The predicted molar refractivity (Wildman–Crippen MR) is 93.6 cm³/mol. The fraction of sp³-hybridized carbons (Fsp3) is 0.789. The van der Waals surface area contributed by atoms with Gasteiger partial charge in [0.1, 0.15) is 5.76 Å². The van der Waals surface area contributed by atoms with Crippen LogP contribution in [-0.4, -0.2) is 47.0 Å². The van der Waals surface area contributed by atoms with Crippen molar-refractivity contribution >= 4 is 5.91 Å². The van der Waals surface area contributed by atoms with Crippen molar-refractivity contribution in [3.63, 3.8) is 0 Å². The lowest BCUT2D eigenvalue weighted by atomic mass is 9.73. The highest BCUT2D eigenvalue weighted by molar-refractivity contribution is 5.77. The lowest BCUT2D eigenvalue weighted by Gasteiger charge is -2.48. The van der Waals surface area contributed by atoms with Gasteiger partial charge in [-0.05, 0) is 46.1 Å². The lowest BCUT2D eigenvalue weighted by molar-refractivity contribution is -0.139. The summed E-state index contributed by atoms with van der Waals surface area (Å²) in [7, 11) is 0. The number of hydrogen-bond donors (Lipinski definition) is 0. The Morgan fingerprint density at radius 3 is 2.79 bits per heavy atom. The van der Waals surface area contributed by atoms with E-state index in [9.17, 15) is 4.79 Å². The molecule has 0 aromatic carbocycles. The number of amides is 1. The molecule has 0 bridgehead atoms. The molecule has 24 heavy (non-hydrogen) atoms. The fourth-order valence-electron chi connectivity index (χ4n) is 4.38. The number of carbonyl (C=O) groups excluding carboxylic acids is 1. The molecule has 2 saturated heterocycles. The van der Waals surface area contributed by atoms with Crippen LogP contribution < -0.4 is 0 Å². The van der Waals surface area contributed by atoms with Crippen LogP contribution in [0.25, 0.3) is 0 Å². The third kappa shape index (κ3) is 3.66. The van der Waals surface area contributed by atoms with E-state index in [1.165, 1.54) is 18.4 Å². The summed E-state index contributed by atoms with van der Waals surface area (Å²) >= 11 is 0. The molecule has 2 fully saturated rings. The van der Waals surface area contributed by atoms with E-state index >= 15 is 0 Å². The van der Waals surface area contributed by atoms with Gasteiger partial charge in [-0.25, -0.2) is 0 Å². The van der Waals surface area contributed by atoms with Gasteiger partial charge in [0, 0.05) is 43.6 Å². The Balaban J connectivity index is 1.67.